The number of furan rings is 1. The molecular formula is C16H23N3O2S. The molecule has 0 saturated heterocycles. The van der Waals surface area contributed by atoms with Gasteiger partial charge in [0.1, 0.15) is 12.4 Å². The summed E-state index contributed by atoms with van der Waals surface area (Å²) < 4.78 is 10.7. The maximum absolute atomic E-state index is 5.53. The van der Waals surface area contributed by atoms with Crippen molar-refractivity contribution in [3.63, 3.8) is 0 Å². The van der Waals surface area contributed by atoms with Crippen LogP contribution in [0.2, 0.25) is 0 Å². The molecule has 0 spiro atoms. The van der Waals surface area contributed by atoms with Crippen LogP contribution in [0.25, 0.3) is 0 Å². The summed E-state index contributed by atoms with van der Waals surface area (Å²) in [7, 11) is 1.79. The van der Waals surface area contributed by atoms with E-state index in [2.05, 4.69) is 33.1 Å². The molecule has 2 N–H and O–H groups in total. The molecule has 0 aliphatic carbocycles. The van der Waals surface area contributed by atoms with Crippen LogP contribution in [-0.2, 0) is 17.8 Å². The molecule has 0 aliphatic heterocycles. The van der Waals surface area contributed by atoms with Gasteiger partial charge in [-0.3, -0.25) is 4.99 Å². The summed E-state index contributed by atoms with van der Waals surface area (Å²) in [5.41, 5.74) is 0. The fourth-order valence-corrected chi connectivity index (χ4v) is 2.64. The Bertz CT molecular complexity index is 524. The van der Waals surface area contributed by atoms with Crippen LogP contribution in [0, 0.1) is 0 Å². The van der Waals surface area contributed by atoms with Crippen LogP contribution >= 0.6 is 11.3 Å². The summed E-state index contributed by atoms with van der Waals surface area (Å²) in [4.78, 5) is 5.59. The van der Waals surface area contributed by atoms with E-state index in [1.165, 1.54) is 4.88 Å². The van der Waals surface area contributed by atoms with Gasteiger partial charge >= 0.3 is 0 Å². The maximum Gasteiger partial charge on any atom is 0.190 e. The van der Waals surface area contributed by atoms with Gasteiger partial charge in [0.15, 0.2) is 5.96 Å². The number of hydrogen-bond donors (Lipinski definition) is 2. The molecule has 5 nitrogen and oxygen atoms in total. The van der Waals surface area contributed by atoms with E-state index in [1.54, 1.807) is 24.6 Å². The lowest BCUT2D eigenvalue weighted by atomic mass is 10.3. The highest BCUT2D eigenvalue weighted by atomic mass is 32.1. The molecule has 0 radical (unpaired) electrons. The van der Waals surface area contributed by atoms with Crippen LogP contribution in [0.5, 0.6) is 0 Å². The normalized spacial score (nSPS) is 11.6. The van der Waals surface area contributed by atoms with Crippen LogP contribution < -0.4 is 10.6 Å². The quantitative estimate of drug-likeness (QED) is 0.423. The highest BCUT2D eigenvalue weighted by Crippen LogP contribution is 2.07. The fourth-order valence-electron chi connectivity index (χ4n) is 1.93. The van der Waals surface area contributed by atoms with Gasteiger partial charge in [-0.1, -0.05) is 6.07 Å². The second-order valence-corrected chi connectivity index (χ2v) is 5.77. The smallest absolute Gasteiger partial charge is 0.190 e. The van der Waals surface area contributed by atoms with E-state index in [9.17, 15) is 0 Å². The average molecular weight is 321 g/mol. The summed E-state index contributed by atoms with van der Waals surface area (Å²) in [5, 5.41) is 8.70. The summed E-state index contributed by atoms with van der Waals surface area (Å²) in [6.45, 7) is 2.94. The first-order chi connectivity index (χ1) is 10.9. The van der Waals surface area contributed by atoms with Crippen LogP contribution in [0.4, 0.5) is 0 Å². The Morgan fingerprint density at radius 2 is 2.18 bits per heavy atom. The number of nitrogens with one attached hydrogen (secondary N) is 2. The number of rotatable bonds is 9. The summed E-state index contributed by atoms with van der Waals surface area (Å²) in [6, 6.07) is 8.01. The molecule has 2 rings (SSSR count). The van der Waals surface area contributed by atoms with Crippen molar-refractivity contribution in [2.45, 2.75) is 19.4 Å². The topological polar surface area (TPSA) is 58.8 Å². The van der Waals surface area contributed by atoms with Gasteiger partial charge in [-0.15, -0.1) is 11.3 Å². The summed E-state index contributed by atoms with van der Waals surface area (Å²) >= 11 is 1.78. The third kappa shape index (κ3) is 6.32. The number of aliphatic imine (C=N–C) groups is 1. The number of thiophene rings is 1. The van der Waals surface area contributed by atoms with E-state index in [1.807, 2.05) is 12.1 Å². The Balaban J connectivity index is 1.49. The molecule has 0 bridgehead atoms. The zero-order valence-corrected chi connectivity index (χ0v) is 13.7. The van der Waals surface area contributed by atoms with Gasteiger partial charge in [-0.05, 0) is 36.4 Å². The first-order valence-electron chi connectivity index (χ1n) is 7.45. The maximum atomic E-state index is 5.53. The zero-order chi connectivity index (χ0) is 15.5. The zero-order valence-electron chi connectivity index (χ0n) is 12.9. The van der Waals surface area contributed by atoms with Crippen LogP contribution in [-0.4, -0.2) is 32.7 Å². The predicted molar refractivity (Wildman–Crippen MR) is 90.4 cm³/mol. The van der Waals surface area contributed by atoms with Crippen LogP contribution in [0.3, 0.4) is 0 Å². The van der Waals surface area contributed by atoms with E-state index in [-0.39, 0.29) is 0 Å². The molecular weight excluding hydrogens is 298 g/mol. The van der Waals surface area contributed by atoms with Crippen LogP contribution in [0.1, 0.15) is 17.1 Å². The van der Waals surface area contributed by atoms with E-state index < -0.39 is 0 Å². The number of hydrogen-bond acceptors (Lipinski definition) is 4. The molecule has 0 saturated carbocycles. The van der Waals surface area contributed by atoms with Crippen molar-refractivity contribution in [1.82, 2.24) is 10.6 Å². The minimum atomic E-state index is 0.529. The van der Waals surface area contributed by atoms with Gasteiger partial charge in [-0.25, -0.2) is 0 Å². The molecule has 0 aliphatic rings. The van der Waals surface area contributed by atoms with E-state index >= 15 is 0 Å². The average Bonchev–Trinajstić information content (AvgIpc) is 3.22. The third-order valence-electron chi connectivity index (χ3n) is 3.05. The molecule has 6 heteroatoms. The number of guanidine groups is 1. The molecule has 22 heavy (non-hydrogen) atoms. The SMILES string of the molecule is CN=C(NCCCOCc1ccco1)NCCc1cccs1. The van der Waals surface area contributed by atoms with Crippen molar-refractivity contribution in [3.8, 4) is 0 Å². The number of nitrogens with zero attached hydrogens (tertiary/aromatic N) is 1. The van der Waals surface area contributed by atoms with Crippen LogP contribution in [0.15, 0.2) is 45.3 Å². The monoisotopic (exact) mass is 321 g/mol. The molecule has 0 amide bonds. The molecule has 0 atom stereocenters. The molecule has 2 aromatic rings. The van der Waals surface area contributed by atoms with Gasteiger partial charge in [0, 0.05) is 31.6 Å². The molecule has 2 aromatic heterocycles. The van der Waals surface area contributed by atoms with Crippen molar-refractivity contribution >= 4 is 17.3 Å². The van der Waals surface area contributed by atoms with Crippen molar-refractivity contribution in [1.29, 1.82) is 0 Å². The standard InChI is InChI=1S/C16H23N3O2S/c1-17-16(19-9-7-15-6-3-12-22-15)18-8-4-10-20-13-14-5-2-11-21-14/h2-3,5-6,11-12H,4,7-10,13H2,1H3,(H2,17,18,19). The van der Waals surface area contributed by atoms with Crippen molar-refractivity contribution in [2.24, 2.45) is 4.99 Å². The lowest BCUT2D eigenvalue weighted by Crippen LogP contribution is -2.38. The van der Waals surface area contributed by atoms with Crippen molar-refractivity contribution in [3.05, 3.63) is 46.5 Å². The fraction of sp³-hybridized carbons (Fsp3) is 0.438. The third-order valence-corrected chi connectivity index (χ3v) is 3.99. The van der Waals surface area contributed by atoms with Crippen molar-refractivity contribution in [2.75, 3.05) is 26.7 Å². The van der Waals surface area contributed by atoms with Gasteiger partial charge < -0.3 is 19.8 Å². The van der Waals surface area contributed by atoms with E-state index in [0.717, 1.165) is 37.7 Å². The van der Waals surface area contributed by atoms with Gasteiger partial charge in [-0.2, -0.15) is 0 Å². The Hall–Kier alpha value is -1.79. The van der Waals surface area contributed by atoms with Gasteiger partial charge in [0.2, 0.25) is 0 Å². The predicted octanol–water partition coefficient (Wildman–Crippen LogP) is 2.66. The van der Waals surface area contributed by atoms with E-state index in [4.69, 9.17) is 9.15 Å². The molecule has 2 heterocycles. The lowest BCUT2D eigenvalue weighted by Gasteiger charge is -2.11. The Morgan fingerprint density at radius 1 is 1.27 bits per heavy atom. The Labute approximate surface area is 135 Å². The van der Waals surface area contributed by atoms with Gasteiger partial charge in [0.25, 0.3) is 0 Å². The minimum absolute atomic E-state index is 0.529. The first-order valence-corrected chi connectivity index (χ1v) is 8.33. The summed E-state index contributed by atoms with van der Waals surface area (Å²) in [6.07, 6.45) is 3.60. The van der Waals surface area contributed by atoms with E-state index in [0.29, 0.717) is 13.2 Å². The second-order valence-electron chi connectivity index (χ2n) is 4.74. The number of ether oxygens (including phenoxy) is 1. The molecule has 120 valence electrons. The Kier molecular flexibility index (Phi) is 7.55. The largest absolute Gasteiger partial charge is 0.467 e. The highest BCUT2D eigenvalue weighted by Gasteiger charge is 1.99. The van der Waals surface area contributed by atoms with Crippen molar-refractivity contribution < 1.29 is 9.15 Å². The second kappa shape index (κ2) is 10.0. The molecule has 0 unspecified atom stereocenters. The minimum Gasteiger partial charge on any atom is -0.467 e. The molecule has 0 fully saturated rings. The summed E-state index contributed by atoms with van der Waals surface area (Å²) in [5.74, 6) is 1.70. The first kappa shape index (κ1) is 16.6. The Morgan fingerprint density at radius 3 is 2.91 bits per heavy atom. The lowest BCUT2D eigenvalue weighted by molar-refractivity contribution is 0.105. The molecule has 0 aromatic carbocycles. The highest BCUT2D eigenvalue weighted by molar-refractivity contribution is 7.09. The van der Waals surface area contributed by atoms with Gasteiger partial charge in [0.05, 0.1) is 6.26 Å².